The van der Waals surface area contributed by atoms with Gasteiger partial charge in [0.05, 0.1) is 22.1 Å². The van der Waals surface area contributed by atoms with Gasteiger partial charge in [-0.15, -0.1) is 0 Å². The van der Waals surface area contributed by atoms with Crippen molar-refractivity contribution in [3.63, 3.8) is 0 Å². The molecule has 0 aliphatic heterocycles. The molecule has 0 fully saturated rings. The maximum absolute atomic E-state index is 12.7. The molecule has 0 spiro atoms. The third kappa shape index (κ3) is 5.26. The molecule has 0 saturated heterocycles. The number of amides is 1. The predicted octanol–water partition coefficient (Wildman–Crippen LogP) is 3.20. The number of nitrogens with two attached hydrogens (primary N) is 1. The third-order valence-corrected chi connectivity index (χ3v) is 5.38. The Morgan fingerprint density at radius 3 is 2.55 bits per heavy atom. The predicted molar refractivity (Wildman–Crippen MR) is 121 cm³/mol. The number of hydrogen-bond acceptors (Lipinski definition) is 9. The highest BCUT2D eigenvalue weighted by Crippen LogP contribution is 2.35. The van der Waals surface area contributed by atoms with Crippen LogP contribution in [-0.4, -0.2) is 39.9 Å². The topological polar surface area (TPSA) is 134 Å². The molecule has 0 saturated carbocycles. The van der Waals surface area contributed by atoms with Gasteiger partial charge in [-0.3, -0.25) is 4.79 Å². The molecule has 3 rings (SSSR count). The average molecular weight is 435 g/mol. The molecule has 1 amide bonds. The number of benzene rings is 1. The second-order valence-electron chi connectivity index (χ2n) is 6.91. The third-order valence-electron chi connectivity index (χ3n) is 4.29. The van der Waals surface area contributed by atoms with Gasteiger partial charge in [0.2, 0.25) is 11.9 Å². The van der Waals surface area contributed by atoms with Crippen molar-refractivity contribution in [1.29, 1.82) is 5.26 Å². The lowest BCUT2D eigenvalue weighted by atomic mass is 10.1. The molecule has 0 aliphatic carbocycles. The Balaban J connectivity index is 1.87. The summed E-state index contributed by atoms with van der Waals surface area (Å²) < 4.78 is 0. The summed E-state index contributed by atoms with van der Waals surface area (Å²) in [4.78, 5) is 31.7. The number of para-hydroxylation sites is 1. The Bertz CT molecular complexity index is 1140. The van der Waals surface area contributed by atoms with Crippen LogP contribution in [0.25, 0.3) is 0 Å². The van der Waals surface area contributed by atoms with Crippen LogP contribution in [0.2, 0.25) is 0 Å². The van der Waals surface area contributed by atoms with Crippen LogP contribution in [0.4, 0.5) is 17.6 Å². The fourth-order valence-corrected chi connectivity index (χ4v) is 3.67. The summed E-state index contributed by atoms with van der Waals surface area (Å²) in [5.41, 5.74) is 7.65. The molecule has 2 heterocycles. The van der Waals surface area contributed by atoms with Crippen molar-refractivity contribution in [2.45, 2.75) is 24.1 Å². The number of hydrogen-bond donors (Lipinski definition) is 2. The summed E-state index contributed by atoms with van der Waals surface area (Å²) in [5.74, 6) is 0.736. The quantitative estimate of drug-likeness (QED) is 0.561. The number of nitrogens with one attached hydrogen (secondary N) is 1. The molecule has 10 heteroatoms. The van der Waals surface area contributed by atoms with Crippen LogP contribution < -0.4 is 16.0 Å². The molecule has 1 aromatic carbocycles. The van der Waals surface area contributed by atoms with Crippen LogP contribution in [0.15, 0.2) is 41.4 Å². The van der Waals surface area contributed by atoms with E-state index in [1.54, 1.807) is 30.0 Å². The first-order valence-electron chi connectivity index (χ1n) is 9.42. The number of nitriles is 1. The maximum atomic E-state index is 12.7. The largest absolute Gasteiger partial charge is 0.368 e. The highest BCUT2D eigenvalue weighted by atomic mass is 32.2. The SMILES string of the molecule is Cc1nc(S[C@@H](C)c2nc(N)nc(N(C)C)n2)c(C#N)cc1C(=O)Nc1ccccc1. The number of aromatic nitrogens is 4. The van der Waals surface area contributed by atoms with Crippen LogP contribution in [0.3, 0.4) is 0 Å². The molecule has 158 valence electrons. The minimum absolute atomic E-state index is 0.124. The standard InChI is InChI=1S/C21H22N8OS/c1-12-16(18(30)25-15-8-6-5-7-9-15)10-14(11-22)19(24-12)31-13(2)17-26-20(23)28-21(27-17)29(3)4/h5-10,13H,1-4H3,(H,25,30)(H2,23,26,27,28)/t13-/m0/s1. The Morgan fingerprint density at radius 2 is 1.90 bits per heavy atom. The molecule has 0 bridgehead atoms. The zero-order chi connectivity index (χ0) is 22.5. The molecule has 1 atom stereocenters. The van der Waals surface area contributed by atoms with Crippen LogP contribution in [-0.2, 0) is 0 Å². The van der Waals surface area contributed by atoms with Crippen LogP contribution in [0.1, 0.15) is 39.6 Å². The van der Waals surface area contributed by atoms with Crippen molar-refractivity contribution >= 4 is 35.3 Å². The van der Waals surface area contributed by atoms with Gasteiger partial charge in [-0.1, -0.05) is 30.0 Å². The van der Waals surface area contributed by atoms with Gasteiger partial charge in [0, 0.05) is 19.8 Å². The summed E-state index contributed by atoms with van der Waals surface area (Å²) in [6, 6.07) is 12.8. The van der Waals surface area contributed by atoms with E-state index in [9.17, 15) is 10.1 Å². The fourth-order valence-electron chi connectivity index (χ4n) is 2.70. The molecule has 0 radical (unpaired) electrons. The first-order valence-corrected chi connectivity index (χ1v) is 10.3. The van der Waals surface area contributed by atoms with E-state index < -0.39 is 0 Å². The Hall–Kier alpha value is -3.71. The number of carbonyl (C=O) groups excluding carboxylic acids is 1. The normalized spacial score (nSPS) is 11.5. The number of carbonyl (C=O) groups is 1. The number of rotatable bonds is 6. The molecule has 31 heavy (non-hydrogen) atoms. The maximum Gasteiger partial charge on any atom is 0.257 e. The number of anilines is 3. The van der Waals surface area contributed by atoms with E-state index in [1.807, 2.05) is 39.2 Å². The summed E-state index contributed by atoms with van der Waals surface area (Å²) in [6.45, 7) is 3.63. The Kier molecular flexibility index (Phi) is 6.67. The van der Waals surface area contributed by atoms with Gasteiger partial charge in [0.15, 0.2) is 0 Å². The second kappa shape index (κ2) is 9.40. The Morgan fingerprint density at radius 1 is 1.19 bits per heavy atom. The van der Waals surface area contributed by atoms with Gasteiger partial charge in [-0.2, -0.15) is 20.2 Å². The highest BCUT2D eigenvalue weighted by Gasteiger charge is 2.20. The summed E-state index contributed by atoms with van der Waals surface area (Å²) in [7, 11) is 3.63. The van der Waals surface area contributed by atoms with Crippen molar-refractivity contribution in [3.05, 3.63) is 59.0 Å². The van der Waals surface area contributed by atoms with Crippen molar-refractivity contribution in [2.24, 2.45) is 0 Å². The number of nitrogen functional groups attached to an aromatic ring is 1. The van der Waals surface area contributed by atoms with Gasteiger partial charge in [0.25, 0.3) is 5.91 Å². The van der Waals surface area contributed by atoms with Crippen molar-refractivity contribution in [3.8, 4) is 6.07 Å². The van der Waals surface area contributed by atoms with Gasteiger partial charge in [-0.25, -0.2) is 4.98 Å². The number of aryl methyl sites for hydroxylation is 1. The van der Waals surface area contributed by atoms with Gasteiger partial charge in [0.1, 0.15) is 16.9 Å². The van der Waals surface area contributed by atoms with Crippen LogP contribution in [0.5, 0.6) is 0 Å². The molecule has 3 N–H and O–H groups in total. The minimum Gasteiger partial charge on any atom is -0.368 e. The first-order chi connectivity index (χ1) is 14.8. The van der Waals surface area contributed by atoms with Crippen LogP contribution in [0, 0.1) is 18.3 Å². The van der Waals surface area contributed by atoms with E-state index in [-0.39, 0.29) is 17.1 Å². The zero-order valence-corrected chi connectivity index (χ0v) is 18.4. The van der Waals surface area contributed by atoms with E-state index >= 15 is 0 Å². The molecular weight excluding hydrogens is 412 g/mol. The lowest BCUT2D eigenvalue weighted by molar-refractivity contribution is 0.102. The minimum atomic E-state index is -0.321. The fraction of sp³-hybridized carbons (Fsp3) is 0.238. The molecule has 0 unspecified atom stereocenters. The molecule has 9 nitrogen and oxygen atoms in total. The Labute approximate surface area is 184 Å². The summed E-state index contributed by atoms with van der Waals surface area (Å²) in [6.07, 6.45) is 0. The number of pyridine rings is 1. The lowest BCUT2D eigenvalue weighted by Crippen LogP contribution is -2.17. The van der Waals surface area contributed by atoms with Crippen molar-refractivity contribution in [1.82, 2.24) is 19.9 Å². The molecular formula is C21H22N8OS. The van der Waals surface area contributed by atoms with E-state index in [1.165, 1.54) is 11.8 Å². The smallest absolute Gasteiger partial charge is 0.257 e. The highest BCUT2D eigenvalue weighted by molar-refractivity contribution is 7.99. The number of thioether (sulfide) groups is 1. The molecule has 3 aromatic rings. The van der Waals surface area contributed by atoms with Gasteiger partial charge < -0.3 is 16.0 Å². The van der Waals surface area contributed by atoms with Crippen molar-refractivity contribution in [2.75, 3.05) is 30.0 Å². The monoisotopic (exact) mass is 434 g/mol. The summed E-state index contributed by atoms with van der Waals surface area (Å²) >= 11 is 1.32. The van der Waals surface area contributed by atoms with E-state index in [0.29, 0.717) is 39.3 Å². The van der Waals surface area contributed by atoms with Crippen molar-refractivity contribution < 1.29 is 4.79 Å². The van der Waals surface area contributed by atoms with Gasteiger partial charge in [-0.05, 0) is 32.0 Å². The van der Waals surface area contributed by atoms with E-state index in [0.717, 1.165) is 0 Å². The molecule has 2 aromatic heterocycles. The second-order valence-corrected chi connectivity index (χ2v) is 8.24. The molecule has 0 aliphatic rings. The average Bonchev–Trinajstić information content (AvgIpc) is 2.74. The van der Waals surface area contributed by atoms with E-state index in [4.69, 9.17) is 5.73 Å². The van der Waals surface area contributed by atoms with Crippen LogP contribution >= 0.6 is 11.8 Å². The number of nitrogens with zero attached hydrogens (tertiary/aromatic N) is 6. The van der Waals surface area contributed by atoms with E-state index in [2.05, 4.69) is 31.3 Å². The first kappa shape index (κ1) is 22.0. The van der Waals surface area contributed by atoms with Gasteiger partial charge >= 0.3 is 0 Å². The summed E-state index contributed by atoms with van der Waals surface area (Å²) in [5, 5.41) is 12.7. The zero-order valence-electron chi connectivity index (χ0n) is 17.6. The lowest BCUT2D eigenvalue weighted by Gasteiger charge is -2.15.